The summed E-state index contributed by atoms with van der Waals surface area (Å²) in [5, 5.41) is 0. The Hall–Kier alpha value is -0.660. The highest BCUT2D eigenvalue weighted by Crippen LogP contribution is 2.37. The zero-order chi connectivity index (χ0) is 13.5. The molecule has 0 aliphatic heterocycles. The molecule has 1 aliphatic rings. The molecule has 0 saturated heterocycles. The van der Waals surface area contributed by atoms with Crippen LogP contribution in [0.4, 0.5) is 5.82 Å². The van der Waals surface area contributed by atoms with E-state index in [0.717, 1.165) is 12.8 Å². The number of nitrogens with zero attached hydrogens (tertiary/aromatic N) is 2. The van der Waals surface area contributed by atoms with Gasteiger partial charge in [0.05, 0.1) is 0 Å². The van der Waals surface area contributed by atoms with Gasteiger partial charge in [0.2, 0.25) is 10.0 Å². The summed E-state index contributed by atoms with van der Waals surface area (Å²) in [5.41, 5.74) is 5.67. The van der Waals surface area contributed by atoms with Crippen LogP contribution in [-0.4, -0.2) is 30.8 Å². The molecule has 0 spiro atoms. The molecule has 1 atom stereocenters. The molecule has 2 rings (SSSR count). The number of nitrogen functional groups attached to an aromatic ring is 1. The van der Waals surface area contributed by atoms with Crippen LogP contribution in [0.2, 0.25) is 0 Å². The van der Waals surface area contributed by atoms with Gasteiger partial charge in [-0.25, -0.2) is 13.4 Å². The van der Waals surface area contributed by atoms with E-state index < -0.39 is 10.0 Å². The Morgan fingerprint density at radius 2 is 2.17 bits per heavy atom. The van der Waals surface area contributed by atoms with Crippen molar-refractivity contribution in [1.29, 1.82) is 0 Å². The molecule has 2 N–H and O–H groups in total. The van der Waals surface area contributed by atoms with E-state index in [-0.39, 0.29) is 16.8 Å². The van der Waals surface area contributed by atoms with Crippen molar-refractivity contribution >= 4 is 31.8 Å². The summed E-state index contributed by atoms with van der Waals surface area (Å²) in [6, 6.07) is 1.49. The molecule has 1 aromatic heterocycles. The number of halogens is 1. The lowest BCUT2D eigenvalue weighted by Crippen LogP contribution is -2.36. The topological polar surface area (TPSA) is 76.3 Å². The second kappa shape index (κ2) is 4.79. The summed E-state index contributed by atoms with van der Waals surface area (Å²) in [7, 11) is -1.98. The van der Waals surface area contributed by atoms with Crippen molar-refractivity contribution in [3.05, 3.63) is 16.7 Å². The Labute approximate surface area is 116 Å². The monoisotopic (exact) mass is 333 g/mol. The molecule has 0 radical (unpaired) electrons. The second-order valence-electron chi connectivity index (χ2n) is 4.64. The fourth-order valence-electron chi connectivity index (χ4n) is 1.89. The third kappa shape index (κ3) is 2.53. The number of sulfonamides is 1. The minimum absolute atomic E-state index is 0.00613. The first kappa shape index (κ1) is 13.8. The fourth-order valence-corrected chi connectivity index (χ4v) is 3.88. The Morgan fingerprint density at radius 1 is 1.56 bits per heavy atom. The van der Waals surface area contributed by atoms with Crippen LogP contribution in [0, 0.1) is 5.92 Å². The van der Waals surface area contributed by atoms with Gasteiger partial charge in [-0.05, 0) is 47.7 Å². The summed E-state index contributed by atoms with van der Waals surface area (Å²) >= 11 is 3.22. The predicted octanol–water partition coefficient (Wildman–Crippen LogP) is 1.85. The van der Waals surface area contributed by atoms with Gasteiger partial charge < -0.3 is 5.73 Å². The van der Waals surface area contributed by atoms with Crippen LogP contribution in [-0.2, 0) is 10.0 Å². The smallest absolute Gasteiger partial charge is 0.246 e. The normalized spacial score (nSPS) is 18.0. The third-order valence-electron chi connectivity index (χ3n) is 3.38. The number of rotatable bonds is 4. The van der Waals surface area contributed by atoms with Crippen LogP contribution in [0.5, 0.6) is 0 Å². The molecule has 1 aromatic rings. The van der Waals surface area contributed by atoms with Crippen molar-refractivity contribution in [1.82, 2.24) is 9.29 Å². The Bertz CT molecular complexity index is 557. The number of hydrogen-bond acceptors (Lipinski definition) is 4. The number of nitrogens with two attached hydrogens (primary N) is 1. The Kier molecular flexibility index (Phi) is 3.66. The minimum Gasteiger partial charge on any atom is -0.383 e. The highest BCUT2D eigenvalue weighted by atomic mass is 79.9. The van der Waals surface area contributed by atoms with Crippen LogP contribution >= 0.6 is 15.9 Å². The lowest BCUT2D eigenvalue weighted by atomic mass is 10.2. The van der Waals surface area contributed by atoms with Gasteiger partial charge in [0, 0.05) is 23.8 Å². The number of anilines is 1. The first-order chi connectivity index (χ1) is 8.34. The van der Waals surface area contributed by atoms with E-state index in [2.05, 4.69) is 20.9 Å². The van der Waals surface area contributed by atoms with Gasteiger partial charge in [-0.15, -0.1) is 0 Å². The molecule has 1 aliphatic carbocycles. The maximum absolute atomic E-state index is 12.5. The lowest BCUT2D eigenvalue weighted by Gasteiger charge is -2.24. The van der Waals surface area contributed by atoms with Crippen LogP contribution < -0.4 is 5.73 Å². The standard InChI is InChI=1S/C11H16BrN3O2S/c1-7(8-3-4-8)15(2)18(16,17)10-5-9(12)6-14-11(10)13/h5-8H,3-4H2,1-2H3,(H2,13,14). The maximum atomic E-state index is 12.5. The highest BCUT2D eigenvalue weighted by Gasteiger charge is 2.36. The van der Waals surface area contributed by atoms with Crippen molar-refractivity contribution in [2.45, 2.75) is 30.7 Å². The van der Waals surface area contributed by atoms with E-state index in [1.165, 1.54) is 16.6 Å². The second-order valence-corrected chi connectivity index (χ2v) is 7.52. The van der Waals surface area contributed by atoms with Crippen LogP contribution in [0.25, 0.3) is 0 Å². The van der Waals surface area contributed by atoms with E-state index in [1.807, 2.05) is 6.92 Å². The molecule has 0 aromatic carbocycles. The predicted molar refractivity (Wildman–Crippen MR) is 73.5 cm³/mol. The summed E-state index contributed by atoms with van der Waals surface area (Å²) < 4.78 is 26.9. The zero-order valence-electron chi connectivity index (χ0n) is 10.3. The molecule has 0 bridgehead atoms. The quantitative estimate of drug-likeness (QED) is 0.912. The fraction of sp³-hybridized carbons (Fsp3) is 0.545. The lowest BCUT2D eigenvalue weighted by molar-refractivity contribution is 0.357. The molecule has 1 heterocycles. The molecule has 100 valence electrons. The highest BCUT2D eigenvalue weighted by molar-refractivity contribution is 9.10. The molecule has 1 saturated carbocycles. The van der Waals surface area contributed by atoms with Crippen LogP contribution in [0.3, 0.4) is 0 Å². The summed E-state index contributed by atoms with van der Waals surface area (Å²) in [6.45, 7) is 1.93. The van der Waals surface area contributed by atoms with E-state index in [1.54, 1.807) is 7.05 Å². The van der Waals surface area contributed by atoms with E-state index in [9.17, 15) is 8.42 Å². The first-order valence-corrected chi connectivity index (χ1v) is 7.96. The largest absolute Gasteiger partial charge is 0.383 e. The van der Waals surface area contributed by atoms with E-state index in [4.69, 9.17) is 5.73 Å². The molecule has 0 amide bonds. The molecule has 1 unspecified atom stereocenters. The van der Waals surface area contributed by atoms with Gasteiger partial charge in [-0.3, -0.25) is 0 Å². The number of hydrogen-bond donors (Lipinski definition) is 1. The van der Waals surface area contributed by atoms with Crippen molar-refractivity contribution in [3.63, 3.8) is 0 Å². The van der Waals surface area contributed by atoms with Crippen molar-refractivity contribution in [2.24, 2.45) is 5.92 Å². The summed E-state index contributed by atoms with van der Waals surface area (Å²) in [5.74, 6) is 0.499. The Morgan fingerprint density at radius 3 is 2.72 bits per heavy atom. The van der Waals surface area contributed by atoms with Gasteiger partial charge in [0.15, 0.2) is 0 Å². The molecule has 1 fully saturated rings. The molecular weight excluding hydrogens is 318 g/mol. The molecule has 18 heavy (non-hydrogen) atoms. The average molecular weight is 334 g/mol. The van der Waals surface area contributed by atoms with Gasteiger partial charge in [-0.2, -0.15) is 4.31 Å². The summed E-state index contributed by atoms with van der Waals surface area (Å²) in [6.07, 6.45) is 3.67. The maximum Gasteiger partial charge on any atom is 0.246 e. The number of pyridine rings is 1. The summed E-state index contributed by atoms with van der Waals surface area (Å²) in [4.78, 5) is 3.93. The van der Waals surface area contributed by atoms with E-state index in [0.29, 0.717) is 10.4 Å². The molecule has 7 heteroatoms. The molecular formula is C11H16BrN3O2S. The van der Waals surface area contributed by atoms with Crippen molar-refractivity contribution < 1.29 is 8.42 Å². The first-order valence-electron chi connectivity index (χ1n) is 5.73. The van der Waals surface area contributed by atoms with Gasteiger partial charge in [0.25, 0.3) is 0 Å². The average Bonchev–Trinajstić information content (AvgIpc) is 3.14. The van der Waals surface area contributed by atoms with Gasteiger partial charge in [0.1, 0.15) is 10.7 Å². The van der Waals surface area contributed by atoms with Crippen molar-refractivity contribution in [3.8, 4) is 0 Å². The van der Waals surface area contributed by atoms with E-state index >= 15 is 0 Å². The zero-order valence-corrected chi connectivity index (χ0v) is 12.7. The van der Waals surface area contributed by atoms with Gasteiger partial charge >= 0.3 is 0 Å². The van der Waals surface area contributed by atoms with Crippen LogP contribution in [0.15, 0.2) is 21.6 Å². The third-order valence-corrected chi connectivity index (χ3v) is 5.79. The van der Waals surface area contributed by atoms with Gasteiger partial charge in [-0.1, -0.05) is 0 Å². The molecule has 5 nitrogen and oxygen atoms in total. The Balaban J connectivity index is 2.37. The van der Waals surface area contributed by atoms with Crippen molar-refractivity contribution in [2.75, 3.05) is 12.8 Å². The SMILES string of the molecule is CC(C1CC1)N(C)S(=O)(=O)c1cc(Br)cnc1N. The van der Waals surface area contributed by atoms with Crippen LogP contribution in [0.1, 0.15) is 19.8 Å². The number of aromatic nitrogens is 1. The minimum atomic E-state index is -3.58.